The van der Waals surface area contributed by atoms with Crippen molar-refractivity contribution in [2.24, 2.45) is 4.99 Å². The molecule has 0 bridgehead atoms. The average molecular weight is 84.1 g/mol. The van der Waals surface area contributed by atoms with E-state index in [9.17, 15) is 0 Å². The summed E-state index contributed by atoms with van der Waals surface area (Å²) < 4.78 is 0. The first-order valence-corrected chi connectivity index (χ1v) is 1.86. The minimum absolute atomic E-state index is 0.726. The Morgan fingerprint density at radius 2 is 2.50 bits per heavy atom. The molecule has 0 fully saturated rings. The topological polar surface area (TPSA) is 38.5 Å². The Bertz CT molecular complexity index is 51.1. The number of aliphatic imine (C=N–C) groups is 1. The molecule has 3 nitrogen and oxygen atoms in total. The monoisotopic (exact) mass is 84.1 g/mol. The van der Waals surface area contributed by atoms with E-state index in [1.165, 1.54) is 0 Å². The molecule has 1 rings (SSSR count). The van der Waals surface area contributed by atoms with Crippen LogP contribution in [0.15, 0.2) is 4.99 Å². The molecular formula is C3H6N3. The molecule has 0 aliphatic carbocycles. The van der Waals surface area contributed by atoms with Crippen LogP contribution >= 0.6 is 0 Å². The fraction of sp³-hybridized carbons (Fsp3) is 0.667. The molecule has 0 unspecified atom stereocenters. The Labute approximate surface area is 36.5 Å². The Kier molecular flexibility index (Phi) is 1.06. The summed E-state index contributed by atoms with van der Waals surface area (Å²) in [5.74, 6) is 0. The van der Waals surface area contributed by atoms with Crippen LogP contribution < -0.4 is 10.6 Å². The molecule has 0 saturated heterocycles. The van der Waals surface area contributed by atoms with E-state index < -0.39 is 0 Å². The van der Waals surface area contributed by atoms with E-state index in [1.807, 2.05) is 0 Å². The molecule has 1 aliphatic heterocycles. The maximum atomic E-state index is 3.77. The number of hydrogen-bond donors (Lipinski definition) is 1. The van der Waals surface area contributed by atoms with Crippen molar-refractivity contribution in [2.45, 2.75) is 0 Å². The molecule has 1 heterocycles. The second-order valence-corrected chi connectivity index (χ2v) is 1.05. The molecule has 0 aromatic rings. The highest BCUT2D eigenvalue weighted by molar-refractivity contribution is 5.54. The predicted molar refractivity (Wildman–Crippen MR) is 23.5 cm³/mol. The lowest BCUT2D eigenvalue weighted by Crippen LogP contribution is -2.27. The van der Waals surface area contributed by atoms with Crippen molar-refractivity contribution < 1.29 is 0 Å². The van der Waals surface area contributed by atoms with Gasteiger partial charge in [-0.2, -0.15) is 0 Å². The van der Waals surface area contributed by atoms with Crippen LogP contribution in [0.1, 0.15) is 0 Å². The number of nitrogens with one attached hydrogen (secondary N) is 1. The molecule has 6 heavy (non-hydrogen) atoms. The highest BCUT2D eigenvalue weighted by atomic mass is 15.2. The molecule has 3 heteroatoms. The molecule has 0 amide bonds. The maximum absolute atomic E-state index is 3.77. The van der Waals surface area contributed by atoms with Gasteiger partial charge in [0.1, 0.15) is 6.34 Å². The van der Waals surface area contributed by atoms with Gasteiger partial charge in [0.2, 0.25) is 0 Å². The first-order chi connectivity index (χ1) is 3.00. The number of rotatable bonds is 0. The maximum Gasteiger partial charge on any atom is 0.107 e. The third kappa shape index (κ3) is 0.687. The van der Waals surface area contributed by atoms with E-state index in [0.29, 0.717) is 0 Å². The molecule has 1 N–H and O–H groups in total. The minimum Gasteiger partial charge on any atom is -0.279 e. The van der Waals surface area contributed by atoms with Gasteiger partial charge in [-0.1, -0.05) is 0 Å². The van der Waals surface area contributed by atoms with Crippen LogP contribution in [-0.4, -0.2) is 19.7 Å². The molecule has 33 valence electrons. The van der Waals surface area contributed by atoms with Gasteiger partial charge in [0.25, 0.3) is 0 Å². The molecule has 0 atom stereocenters. The normalized spacial score (nSPS) is 20.0. The number of hydrogen-bond acceptors (Lipinski definition) is 2. The molecule has 0 aromatic heterocycles. The molecule has 1 aliphatic rings. The van der Waals surface area contributed by atoms with Crippen molar-refractivity contribution in [1.29, 1.82) is 0 Å². The molecule has 1 radical (unpaired) electrons. The lowest BCUT2D eigenvalue weighted by Gasteiger charge is -2.01. The Morgan fingerprint density at radius 1 is 1.50 bits per heavy atom. The first-order valence-electron chi connectivity index (χ1n) is 1.86. The highest BCUT2D eigenvalue weighted by Crippen LogP contribution is 1.65. The third-order valence-corrected chi connectivity index (χ3v) is 0.569. The van der Waals surface area contributed by atoms with Gasteiger partial charge in [0.05, 0.1) is 13.3 Å². The van der Waals surface area contributed by atoms with Gasteiger partial charge in [-0.05, 0) is 0 Å². The summed E-state index contributed by atoms with van der Waals surface area (Å²) in [4.78, 5) is 3.77. The smallest absolute Gasteiger partial charge is 0.107 e. The summed E-state index contributed by atoms with van der Waals surface area (Å²) in [5, 5.41) is 6.69. The van der Waals surface area contributed by atoms with Crippen LogP contribution in [0.2, 0.25) is 0 Å². The zero-order valence-corrected chi connectivity index (χ0v) is 3.39. The summed E-state index contributed by atoms with van der Waals surface area (Å²) in [7, 11) is 0. The van der Waals surface area contributed by atoms with Gasteiger partial charge >= 0.3 is 0 Å². The summed E-state index contributed by atoms with van der Waals surface area (Å²) >= 11 is 0. The van der Waals surface area contributed by atoms with Crippen LogP contribution in [0, 0.1) is 0 Å². The second-order valence-electron chi connectivity index (χ2n) is 1.05. The van der Waals surface area contributed by atoms with E-state index in [-0.39, 0.29) is 0 Å². The van der Waals surface area contributed by atoms with Crippen molar-refractivity contribution >= 4 is 6.34 Å². The fourth-order valence-corrected chi connectivity index (χ4v) is 0.318. The quantitative estimate of drug-likeness (QED) is 0.407. The zero-order valence-electron chi connectivity index (χ0n) is 3.39. The van der Waals surface area contributed by atoms with E-state index in [2.05, 4.69) is 15.6 Å². The van der Waals surface area contributed by atoms with Gasteiger partial charge in [-0.25, -0.2) is 0 Å². The van der Waals surface area contributed by atoms with Crippen LogP contribution in [0.25, 0.3) is 0 Å². The van der Waals surface area contributed by atoms with Crippen molar-refractivity contribution in [3.05, 3.63) is 0 Å². The van der Waals surface area contributed by atoms with E-state index in [1.54, 1.807) is 6.34 Å². The average Bonchev–Trinajstić information content (AvgIpc) is 1.72. The van der Waals surface area contributed by atoms with Gasteiger partial charge in [-0.15, -0.1) is 0 Å². The first kappa shape index (κ1) is 3.61. The largest absolute Gasteiger partial charge is 0.279 e. The lowest BCUT2D eigenvalue weighted by atomic mass is 10.8. The van der Waals surface area contributed by atoms with Crippen LogP contribution in [0.3, 0.4) is 0 Å². The molecular weight excluding hydrogens is 78.1 g/mol. The van der Waals surface area contributed by atoms with E-state index in [4.69, 9.17) is 0 Å². The second kappa shape index (κ2) is 1.77. The van der Waals surface area contributed by atoms with Gasteiger partial charge in [0, 0.05) is 0 Å². The van der Waals surface area contributed by atoms with Gasteiger partial charge in [-0.3, -0.25) is 15.6 Å². The Balaban J connectivity index is 2.26. The minimum atomic E-state index is 0.726. The van der Waals surface area contributed by atoms with Gasteiger partial charge in [0.15, 0.2) is 0 Å². The summed E-state index contributed by atoms with van der Waals surface area (Å²) in [5.41, 5.74) is 0. The highest BCUT2D eigenvalue weighted by Gasteiger charge is 1.84. The third-order valence-electron chi connectivity index (χ3n) is 0.569. The number of nitrogens with zero attached hydrogens (tertiary/aromatic N) is 2. The SMILES string of the molecule is C1=NCNC[N]1. The predicted octanol–water partition coefficient (Wildman–Crippen LogP) is -0.863. The lowest BCUT2D eigenvalue weighted by molar-refractivity contribution is 0.649. The molecule has 0 aromatic carbocycles. The van der Waals surface area contributed by atoms with Crippen molar-refractivity contribution in [2.75, 3.05) is 13.3 Å². The van der Waals surface area contributed by atoms with Crippen molar-refractivity contribution in [1.82, 2.24) is 10.6 Å². The van der Waals surface area contributed by atoms with Crippen molar-refractivity contribution in [3.63, 3.8) is 0 Å². The standard InChI is InChI=1S/C3H6N3/c1-4-2-6-3-5-1/h1,6H,2-3H2. The van der Waals surface area contributed by atoms with Crippen LogP contribution in [0.5, 0.6) is 0 Å². The van der Waals surface area contributed by atoms with Gasteiger partial charge < -0.3 is 0 Å². The Hall–Kier alpha value is -0.570. The van der Waals surface area contributed by atoms with Crippen LogP contribution in [0.4, 0.5) is 0 Å². The van der Waals surface area contributed by atoms with Crippen molar-refractivity contribution in [3.8, 4) is 0 Å². The summed E-state index contributed by atoms with van der Waals surface area (Å²) in [6, 6.07) is 0. The molecule has 0 spiro atoms. The fourth-order valence-electron chi connectivity index (χ4n) is 0.318. The zero-order chi connectivity index (χ0) is 4.24. The van der Waals surface area contributed by atoms with E-state index >= 15 is 0 Å². The summed E-state index contributed by atoms with van der Waals surface area (Å²) in [6.45, 7) is 1.45. The Morgan fingerprint density at radius 3 is 2.67 bits per heavy atom. The van der Waals surface area contributed by atoms with E-state index in [0.717, 1.165) is 13.3 Å². The van der Waals surface area contributed by atoms with Crippen LogP contribution in [-0.2, 0) is 0 Å². The molecule has 0 saturated carbocycles. The summed E-state index contributed by atoms with van der Waals surface area (Å²) in [6.07, 6.45) is 1.58.